The van der Waals surface area contributed by atoms with Gasteiger partial charge >= 0.3 is 12.3 Å². The lowest BCUT2D eigenvalue weighted by Crippen LogP contribution is -2.43. The van der Waals surface area contributed by atoms with Crippen LogP contribution in [0.5, 0.6) is 5.88 Å². The van der Waals surface area contributed by atoms with E-state index in [2.05, 4.69) is 4.98 Å². The molecule has 1 unspecified atom stereocenters. The van der Waals surface area contributed by atoms with Crippen LogP contribution in [-0.2, 0) is 6.18 Å². The summed E-state index contributed by atoms with van der Waals surface area (Å²) in [5.41, 5.74) is -0.623. The van der Waals surface area contributed by atoms with Gasteiger partial charge in [-0.3, -0.25) is 0 Å². The number of likely N-dealkylation sites (tertiary alicyclic amines) is 1. The molecule has 0 aromatic carbocycles. The first-order chi connectivity index (χ1) is 9.75. The lowest BCUT2D eigenvalue weighted by atomic mass is 10.1. The second kappa shape index (κ2) is 5.79. The van der Waals surface area contributed by atoms with Gasteiger partial charge in [0.05, 0.1) is 6.54 Å². The standard InChI is InChI=1S/C13H15F3N2O3/c1-8-5-10(13(14,15)16)17-11(6-8)21-9-3-2-4-18(7-9)12(19)20/h5-6,9H,2-4,7H2,1H3,(H,19,20). The topological polar surface area (TPSA) is 62.7 Å². The number of nitrogens with zero attached hydrogens (tertiary/aromatic N) is 2. The molecule has 0 saturated carbocycles. The summed E-state index contributed by atoms with van der Waals surface area (Å²) in [6.07, 6.45) is -4.89. The molecule has 21 heavy (non-hydrogen) atoms. The van der Waals surface area contributed by atoms with Crippen molar-refractivity contribution in [3.8, 4) is 5.88 Å². The Morgan fingerprint density at radius 1 is 1.48 bits per heavy atom. The van der Waals surface area contributed by atoms with Gasteiger partial charge < -0.3 is 14.7 Å². The Kier molecular flexibility index (Phi) is 4.24. The van der Waals surface area contributed by atoms with Crippen molar-refractivity contribution in [2.24, 2.45) is 0 Å². The number of pyridine rings is 1. The molecular weight excluding hydrogens is 289 g/mol. The van der Waals surface area contributed by atoms with Gasteiger partial charge in [-0.2, -0.15) is 13.2 Å². The summed E-state index contributed by atoms with van der Waals surface area (Å²) in [6.45, 7) is 2.06. The zero-order valence-corrected chi connectivity index (χ0v) is 11.4. The maximum Gasteiger partial charge on any atom is 0.433 e. The highest BCUT2D eigenvalue weighted by Gasteiger charge is 2.33. The number of ether oxygens (including phenoxy) is 1. The molecule has 2 rings (SSSR count). The van der Waals surface area contributed by atoms with E-state index in [-0.39, 0.29) is 12.4 Å². The van der Waals surface area contributed by atoms with Crippen LogP contribution in [-0.4, -0.2) is 40.3 Å². The minimum absolute atomic E-state index is 0.125. The van der Waals surface area contributed by atoms with Gasteiger partial charge in [0.15, 0.2) is 0 Å². The number of hydrogen-bond donors (Lipinski definition) is 1. The highest BCUT2D eigenvalue weighted by Crippen LogP contribution is 2.30. The lowest BCUT2D eigenvalue weighted by molar-refractivity contribution is -0.141. The Balaban J connectivity index is 2.12. The van der Waals surface area contributed by atoms with Crippen molar-refractivity contribution < 1.29 is 27.8 Å². The number of rotatable bonds is 2. The van der Waals surface area contributed by atoms with Gasteiger partial charge in [-0.05, 0) is 31.4 Å². The zero-order valence-electron chi connectivity index (χ0n) is 11.4. The van der Waals surface area contributed by atoms with Crippen molar-refractivity contribution in [1.82, 2.24) is 9.88 Å². The predicted molar refractivity (Wildman–Crippen MR) is 67.2 cm³/mol. The van der Waals surface area contributed by atoms with Crippen LogP contribution in [0.25, 0.3) is 0 Å². The van der Waals surface area contributed by atoms with E-state index in [0.717, 1.165) is 6.07 Å². The van der Waals surface area contributed by atoms with Crippen LogP contribution in [0.1, 0.15) is 24.1 Å². The predicted octanol–water partition coefficient (Wildman–Crippen LogP) is 2.93. The van der Waals surface area contributed by atoms with Crippen LogP contribution in [0.15, 0.2) is 12.1 Å². The van der Waals surface area contributed by atoms with E-state index in [1.54, 1.807) is 0 Å². The molecule has 0 spiro atoms. The molecule has 1 atom stereocenters. The largest absolute Gasteiger partial charge is 0.472 e. The van der Waals surface area contributed by atoms with Gasteiger partial charge in [0.2, 0.25) is 5.88 Å². The minimum Gasteiger partial charge on any atom is -0.472 e. The molecule has 1 amide bonds. The van der Waals surface area contributed by atoms with E-state index in [1.807, 2.05) is 0 Å². The van der Waals surface area contributed by atoms with Crippen LogP contribution in [0.4, 0.5) is 18.0 Å². The summed E-state index contributed by atoms with van der Waals surface area (Å²) in [4.78, 5) is 15.5. The molecule has 1 aliphatic rings. The van der Waals surface area contributed by atoms with Gasteiger partial charge in [-0.15, -0.1) is 0 Å². The summed E-state index contributed by atoms with van der Waals surface area (Å²) >= 11 is 0. The average molecular weight is 304 g/mol. The Morgan fingerprint density at radius 3 is 2.81 bits per heavy atom. The normalized spacial score (nSPS) is 19.4. The number of alkyl halides is 3. The van der Waals surface area contributed by atoms with Crippen molar-refractivity contribution in [2.75, 3.05) is 13.1 Å². The quantitative estimate of drug-likeness (QED) is 0.912. The summed E-state index contributed by atoms with van der Waals surface area (Å²) in [5, 5.41) is 8.92. The van der Waals surface area contributed by atoms with Crippen LogP contribution in [0, 0.1) is 6.92 Å². The molecule has 1 aliphatic heterocycles. The van der Waals surface area contributed by atoms with E-state index < -0.39 is 24.1 Å². The molecule has 1 saturated heterocycles. The van der Waals surface area contributed by atoms with Crippen LogP contribution < -0.4 is 4.74 Å². The SMILES string of the molecule is Cc1cc(OC2CCCN(C(=O)O)C2)nc(C(F)(F)F)c1. The van der Waals surface area contributed by atoms with E-state index in [1.165, 1.54) is 17.9 Å². The number of carbonyl (C=O) groups is 1. The Labute approximate surface area is 119 Å². The lowest BCUT2D eigenvalue weighted by Gasteiger charge is -2.30. The van der Waals surface area contributed by atoms with Gasteiger partial charge in [0.1, 0.15) is 11.8 Å². The molecule has 1 aromatic rings. The van der Waals surface area contributed by atoms with Crippen LogP contribution >= 0.6 is 0 Å². The molecule has 1 aromatic heterocycles. The number of hydrogen-bond acceptors (Lipinski definition) is 3. The van der Waals surface area contributed by atoms with Gasteiger partial charge in [-0.25, -0.2) is 9.78 Å². The number of piperidine rings is 1. The second-order valence-electron chi connectivity index (χ2n) is 4.98. The number of carboxylic acid groups (broad SMARTS) is 1. The zero-order chi connectivity index (χ0) is 15.6. The summed E-state index contributed by atoms with van der Waals surface area (Å²) < 4.78 is 43.5. The van der Waals surface area contributed by atoms with Gasteiger partial charge in [0, 0.05) is 12.6 Å². The fraction of sp³-hybridized carbons (Fsp3) is 0.538. The van der Waals surface area contributed by atoms with Crippen molar-refractivity contribution in [2.45, 2.75) is 32.0 Å². The molecular formula is C13H15F3N2O3. The number of aromatic nitrogens is 1. The number of halogens is 3. The first-order valence-corrected chi connectivity index (χ1v) is 6.46. The maximum atomic E-state index is 12.7. The average Bonchev–Trinajstić information content (AvgIpc) is 2.37. The fourth-order valence-electron chi connectivity index (χ4n) is 2.22. The molecule has 116 valence electrons. The molecule has 1 fully saturated rings. The van der Waals surface area contributed by atoms with Crippen molar-refractivity contribution in [3.05, 3.63) is 23.4 Å². The van der Waals surface area contributed by atoms with E-state index in [9.17, 15) is 18.0 Å². The van der Waals surface area contributed by atoms with Crippen molar-refractivity contribution >= 4 is 6.09 Å². The smallest absolute Gasteiger partial charge is 0.433 e. The van der Waals surface area contributed by atoms with Crippen molar-refractivity contribution in [1.29, 1.82) is 0 Å². The molecule has 0 radical (unpaired) electrons. The van der Waals surface area contributed by atoms with Crippen LogP contribution in [0.2, 0.25) is 0 Å². The van der Waals surface area contributed by atoms with E-state index in [0.29, 0.717) is 24.9 Å². The first kappa shape index (κ1) is 15.4. The molecule has 5 nitrogen and oxygen atoms in total. The molecule has 0 aliphatic carbocycles. The Hall–Kier alpha value is -1.99. The maximum absolute atomic E-state index is 12.7. The Bertz CT molecular complexity index is 534. The molecule has 8 heteroatoms. The van der Waals surface area contributed by atoms with E-state index >= 15 is 0 Å². The highest BCUT2D eigenvalue weighted by molar-refractivity contribution is 5.65. The third-order valence-corrected chi connectivity index (χ3v) is 3.17. The van der Waals surface area contributed by atoms with Gasteiger partial charge in [-0.1, -0.05) is 0 Å². The monoisotopic (exact) mass is 304 g/mol. The molecule has 0 bridgehead atoms. The fourth-order valence-corrected chi connectivity index (χ4v) is 2.22. The molecule has 2 heterocycles. The first-order valence-electron chi connectivity index (χ1n) is 6.46. The third kappa shape index (κ3) is 3.99. The number of amides is 1. The van der Waals surface area contributed by atoms with E-state index in [4.69, 9.17) is 9.84 Å². The molecule has 1 N–H and O–H groups in total. The van der Waals surface area contributed by atoms with Crippen LogP contribution in [0.3, 0.4) is 0 Å². The summed E-state index contributed by atoms with van der Waals surface area (Å²) in [7, 11) is 0. The second-order valence-corrected chi connectivity index (χ2v) is 4.98. The van der Waals surface area contributed by atoms with Crippen molar-refractivity contribution in [3.63, 3.8) is 0 Å². The highest BCUT2D eigenvalue weighted by atomic mass is 19.4. The summed E-state index contributed by atoms with van der Waals surface area (Å²) in [6, 6.07) is 2.35. The minimum atomic E-state index is -4.54. The van der Waals surface area contributed by atoms with Gasteiger partial charge in [0.25, 0.3) is 0 Å². The summed E-state index contributed by atoms with van der Waals surface area (Å²) in [5.74, 6) is -0.125. The third-order valence-electron chi connectivity index (χ3n) is 3.17. The number of aryl methyl sites for hydroxylation is 1. The Morgan fingerprint density at radius 2 is 2.19 bits per heavy atom.